The Bertz CT molecular complexity index is 203. The molecule has 1 saturated heterocycles. The first-order valence-corrected chi connectivity index (χ1v) is 6.48. The van der Waals surface area contributed by atoms with Crippen molar-refractivity contribution in [2.24, 2.45) is 0 Å². The standard InChI is InChI=1S/C10H15P/c1-11-8-4-7-10(11)9-5-2-3-6-9/h2-3,5,10H,4,6-8H2,1H3. The molecule has 0 amide bonds. The van der Waals surface area contributed by atoms with Crippen LogP contribution in [0.4, 0.5) is 0 Å². The molecule has 0 radical (unpaired) electrons. The van der Waals surface area contributed by atoms with E-state index >= 15 is 0 Å². The zero-order valence-corrected chi connectivity index (χ0v) is 7.98. The molecule has 0 N–H and O–H groups in total. The Morgan fingerprint density at radius 1 is 1.55 bits per heavy atom. The molecule has 60 valence electrons. The zero-order chi connectivity index (χ0) is 7.68. The van der Waals surface area contributed by atoms with Crippen molar-refractivity contribution in [3.05, 3.63) is 23.8 Å². The van der Waals surface area contributed by atoms with Gasteiger partial charge in [0, 0.05) is 5.66 Å². The fraction of sp³-hybridized carbons (Fsp3) is 0.600. The lowest BCUT2D eigenvalue weighted by atomic mass is 10.1. The van der Waals surface area contributed by atoms with Crippen molar-refractivity contribution >= 4 is 7.92 Å². The van der Waals surface area contributed by atoms with Crippen LogP contribution in [-0.4, -0.2) is 18.5 Å². The maximum Gasteiger partial charge on any atom is 0.000447 e. The summed E-state index contributed by atoms with van der Waals surface area (Å²) < 4.78 is 0. The number of rotatable bonds is 1. The van der Waals surface area contributed by atoms with Crippen molar-refractivity contribution in [2.45, 2.75) is 24.9 Å². The topological polar surface area (TPSA) is 0 Å². The van der Waals surface area contributed by atoms with Crippen LogP contribution in [0.2, 0.25) is 0 Å². The Hall–Kier alpha value is -0.0900. The van der Waals surface area contributed by atoms with E-state index in [0.29, 0.717) is 7.92 Å². The summed E-state index contributed by atoms with van der Waals surface area (Å²) in [4.78, 5) is 0. The molecule has 2 aliphatic rings. The van der Waals surface area contributed by atoms with E-state index in [-0.39, 0.29) is 0 Å². The summed E-state index contributed by atoms with van der Waals surface area (Å²) in [7, 11) is 0.352. The van der Waals surface area contributed by atoms with Gasteiger partial charge in [-0.1, -0.05) is 23.8 Å². The van der Waals surface area contributed by atoms with Crippen LogP contribution in [0.15, 0.2) is 23.8 Å². The number of hydrogen-bond acceptors (Lipinski definition) is 0. The highest BCUT2D eigenvalue weighted by Crippen LogP contribution is 2.51. The van der Waals surface area contributed by atoms with Gasteiger partial charge in [-0.25, -0.2) is 0 Å². The largest absolute Gasteiger partial charge is 0.103 e. The molecule has 1 heteroatoms. The normalized spacial score (nSPS) is 36.3. The second-order valence-corrected chi connectivity index (χ2v) is 6.10. The molecule has 0 aromatic rings. The molecule has 0 spiro atoms. The van der Waals surface area contributed by atoms with E-state index in [0.717, 1.165) is 5.66 Å². The lowest BCUT2D eigenvalue weighted by molar-refractivity contribution is 0.840. The third-order valence-electron chi connectivity index (χ3n) is 2.75. The second-order valence-electron chi connectivity index (χ2n) is 3.51. The van der Waals surface area contributed by atoms with Crippen LogP contribution in [-0.2, 0) is 0 Å². The van der Waals surface area contributed by atoms with E-state index < -0.39 is 0 Å². The minimum atomic E-state index is 0.352. The van der Waals surface area contributed by atoms with E-state index in [9.17, 15) is 0 Å². The van der Waals surface area contributed by atoms with E-state index in [4.69, 9.17) is 0 Å². The molecule has 0 aromatic heterocycles. The van der Waals surface area contributed by atoms with E-state index in [2.05, 4.69) is 24.9 Å². The predicted octanol–water partition coefficient (Wildman–Crippen LogP) is 3.15. The quantitative estimate of drug-likeness (QED) is 0.525. The predicted molar refractivity (Wildman–Crippen MR) is 52.6 cm³/mol. The lowest BCUT2D eigenvalue weighted by Crippen LogP contribution is -2.01. The summed E-state index contributed by atoms with van der Waals surface area (Å²) in [5, 5.41) is 0. The molecule has 2 atom stereocenters. The average molecular weight is 166 g/mol. The first-order valence-electron chi connectivity index (χ1n) is 4.44. The highest BCUT2D eigenvalue weighted by molar-refractivity contribution is 7.58. The molecular formula is C10H15P. The van der Waals surface area contributed by atoms with Gasteiger partial charge in [-0.3, -0.25) is 0 Å². The van der Waals surface area contributed by atoms with Gasteiger partial charge >= 0.3 is 0 Å². The Morgan fingerprint density at radius 2 is 2.45 bits per heavy atom. The Kier molecular flexibility index (Phi) is 2.13. The first-order chi connectivity index (χ1) is 5.38. The molecule has 0 aromatic carbocycles. The summed E-state index contributed by atoms with van der Waals surface area (Å²) in [6.07, 6.45) is 12.6. The highest BCUT2D eigenvalue weighted by Gasteiger charge is 2.25. The summed E-state index contributed by atoms with van der Waals surface area (Å²) in [6, 6.07) is 0. The van der Waals surface area contributed by atoms with Crippen LogP contribution >= 0.6 is 7.92 Å². The maximum absolute atomic E-state index is 2.46. The summed E-state index contributed by atoms with van der Waals surface area (Å²) in [5.74, 6) is 0. The minimum absolute atomic E-state index is 0.352. The maximum atomic E-state index is 2.46. The molecule has 1 aliphatic heterocycles. The minimum Gasteiger partial charge on any atom is -0.103 e. The summed E-state index contributed by atoms with van der Waals surface area (Å²) >= 11 is 0. The molecule has 0 nitrogen and oxygen atoms in total. The van der Waals surface area contributed by atoms with Crippen LogP contribution in [0.3, 0.4) is 0 Å². The fourth-order valence-corrected chi connectivity index (χ4v) is 4.46. The molecule has 0 bridgehead atoms. The van der Waals surface area contributed by atoms with Crippen molar-refractivity contribution in [3.63, 3.8) is 0 Å². The van der Waals surface area contributed by atoms with Gasteiger partial charge in [-0.15, -0.1) is 7.92 Å². The van der Waals surface area contributed by atoms with Gasteiger partial charge in [0.1, 0.15) is 0 Å². The molecule has 2 rings (SSSR count). The summed E-state index contributed by atoms with van der Waals surface area (Å²) in [6.45, 7) is 2.46. The number of allylic oxidation sites excluding steroid dienone is 4. The zero-order valence-electron chi connectivity index (χ0n) is 7.09. The van der Waals surface area contributed by atoms with Crippen molar-refractivity contribution in [3.8, 4) is 0 Å². The second kappa shape index (κ2) is 3.11. The van der Waals surface area contributed by atoms with Gasteiger partial charge in [0.15, 0.2) is 0 Å². The molecule has 0 saturated carbocycles. The van der Waals surface area contributed by atoms with Crippen molar-refractivity contribution < 1.29 is 0 Å². The van der Waals surface area contributed by atoms with Crippen molar-refractivity contribution in [2.75, 3.05) is 12.8 Å². The third-order valence-corrected chi connectivity index (χ3v) is 5.42. The van der Waals surface area contributed by atoms with Gasteiger partial charge in [0.2, 0.25) is 0 Å². The molecule has 2 unspecified atom stereocenters. The van der Waals surface area contributed by atoms with Gasteiger partial charge in [-0.05, 0) is 32.1 Å². The van der Waals surface area contributed by atoms with E-state index in [1.807, 2.05) is 0 Å². The SMILES string of the molecule is CP1CCCC1C1=CC=CC1. The molecule has 1 fully saturated rings. The Labute approximate surface area is 70.1 Å². The molecule has 11 heavy (non-hydrogen) atoms. The van der Waals surface area contributed by atoms with Crippen LogP contribution in [0, 0.1) is 0 Å². The van der Waals surface area contributed by atoms with Gasteiger partial charge in [0.05, 0.1) is 0 Å². The Morgan fingerprint density at radius 3 is 3.00 bits per heavy atom. The molecule has 1 heterocycles. The van der Waals surface area contributed by atoms with Crippen LogP contribution in [0.25, 0.3) is 0 Å². The fourth-order valence-electron chi connectivity index (χ4n) is 2.09. The molecular weight excluding hydrogens is 151 g/mol. The smallest absolute Gasteiger partial charge is 0.000447 e. The summed E-state index contributed by atoms with van der Waals surface area (Å²) in [5.41, 5.74) is 2.70. The van der Waals surface area contributed by atoms with E-state index in [1.54, 1.807) is 5.57 Å². The van der Waals surface area contributed by atoms with Gasteiger partial charge in [-0.2, -0.15) is 0 Å². The molecule has 1 aliphatic carbocycles. The van der Waals surface area contributed by atoms with Gasteiger partial charge in [0.25, 0.3) is 0 Å². The highest BCUT2D eigenvalue weighted by atomic mass is 31.1. The lowest BCUT2D eigenvalue weighted by Gasteiger charge is -2.16. The average Bonchev–Trinajstić information content (AvgIpc) is 2.55. The van der Waals surface area contributed by atoms with Crippen LogP contribution in [0.5, 0.6) is 0 Å². The number of hydrogen-bond donors (Lipinski definition) is 0. The van der Waals surface area contributed by atoms with E-state index in [1.165, 1.54) is 25.4 Å². The van der Waals surface area contributed by atoms with Crippen molar-refractivity contribution in [1.29, 1.82) is 0 Å². The monoisotopic (exact) mass is 166 g/mol. The van der Waals surface area contributed by atoms with Crippen LogP contribution in [0.1, 0.15) is 19.3 Å². The Balaban J connectivity index is 2.04. The first kappa shape index (κ1) is 7.55. The van der Waals surface area contributed by atoms with Crippen molar-refractivity contribution in [1.82, 2.24) is 0 Å². The van der Waals surface area contributed by atoms with Gasteiger partial charge < -0.3 is 0 Å². The van der Waals surface area contributed by atoms with Crippen LogP contribution < -0.4 is 0 Å². The third kappa shape index (κ3) is 1.42.